The molecular formula is C10H17NO6. The molecule has 0 spiro atoms. The van der Waals surface area contributed by atoms with Crippen LogP contribution in [0.4, 0.5) is 4.79 Å². The molecule has 0 saturated heterocycles. The Kier molecular flexibility index (Phi) is 5.43. The molecule has 2 N–H and O–H groups in total. The van der Waals surface area contributed by atoms with Crippen LogP contribution in [0.5, 0.6) is 0 Å². The SMILES string of the molecule is COC(=O)C[C@@H](NC(=O)OC(C)(C)C)C(=O)O. The van der Waals surface area contributed by atoms with Crippen molar-refractivity contribution in [3.05, 3.63) is 0 Å². The second-order valence-electron chi connectivity index (χ2n) is 4.32. The topological polar surface area (TPSA) is 102 Å². The van der Waals surface area contributed by atoms with E-state index in [-0.39, 0.29) is 0 Å². The molecule has 0 aromatic rings. The van der Waals surface area contributed by atoms with Gasteiger partial charge in [-0.25, -0.2) is 9.59 Å². The highest BCUT2D eigenvalue weighted by Gasteiger charge is 2.26. The molecule has 0 aromatic heterocycles. The van der Waals surface area contributed by atoms with Gasteiger partial charge in [0, 0.05) is 0 Å². The predicted octanol–water partition coefficient (Wildman–Crippen LogP) is 0.527. The maximum absolute atomic E-state index is 11.3. The van der Waals surface area contributed by atoms with Gasteiger partial charge in [0.15, 0.2) is 0 Å². The molecule has 0 unspecified atom stereocenters. The summed E-state index contributed by atoms with van der Waals surface area (Å²) in [5.74, 6) is -2.06. The molecule has 17 heavy (non-hydrogen) atoms. The standard InChI is InChI=1S/C10H17NO6/c1-10(2,3)17-9(15)11-6(8(13)14)5-7(12)16-4/h6H,5H2,1-4H3,(H,11,15)(H,13,14)/t6-/m1/s1. The molecule has 1 atom stereocenters. The zero-order chi connectivity index (χ0) is 13.6. The first-order valence-electron chi connectivity index (χ1n) is 4.95. The highest BCUT2D eigenvalue weighted by molar-refractivity contribution is 5.85. The van der Waals surface area contributed by atoms with E-state index in [4.69, 9.17) is 9.84 Å². The van der Waals surface area contributed by atoms with Crippen LogP contribution >= 0.6 is 0 Å². The van der Waals surface area contributed by atoms with Gasteiger partial charge in [-0.15, -0.1) is 0 Å². The molecule has 0 aromatic carbocycles. The van der Waals surface area contributed by atoms with Crippen LogP contribution in [0.3, 0.4) is 0 Å². The summed E-state index contributed by atoms with van der Waals surface area (Å²) in [7, 11) is 1.13. The second kappa shape index (κ2) is 6.07. The van der Waals surface area contributed by atoms with Gasteiger partial charge < -0.3 is 19.9 Å². The molecule has 1 amide bonds. The van der Waals surface area contributed by atoms with Crippen molar-refractivity contribution in [2.75, 3.05) is 7.11 Å². The number of rotatable bonds is 4. The fourth-order valence-corrected chi connectivity index (χ4v) is 0.900. The lowest BCUT2D eigenvalue weighted by Crippen LogP contribution is -2.44. The van der Waals surface area contributed by atoms with E-state index in [1.807, 2.05) is 0 Å². The van der Waals surface area contributed by atoms with E-state index < -0.39 is 36.1 Å². The van der Waals surface area contributed by atoms with Crippen molar-refractivity contribution < 1.29 is 29.0 Å². The Balaban J connectivity index is 4.41. The van der Waals surface area contributed by atoms with Crippen LogP contribution in [-0.2, 0) is 19.1 Å². The van der Waals surface area contributed by atoms with Crippen molar-refractivity contribution in [2.24, 2.45) is 0 Å². The van der Waals surface area contributed by atoms with E-state index in [2.05, 4.69) is 10.1 Å². The molecule has 7 heteroatoms. The quantitative estimate of drug-likeness (QED) is 0.702. The van der Waals surface area contributed by atoms with Crippen LogP contribution in [0, 0.1) is 0 Å². The summed E-state index contributed by atoms with van der Waals surface area (Å²) in [5, 5.41) is 10.9. The summed E-state index contributed by atoms with van der Waals surface area (Å²) in [6.07, 6.45) is -1.35. The lowest BCUT2D eigenvalue weighted by Gasteiger charge is -2.21. The van der Waals surface area contributed by atoms with Crippen molar-refractivity contribution in [3.8, 4) is 0 Å². The Morgan fingerprint density at radius 3 is 2.18 bits per heavy atom. The molecule has 0 bridgehead atoms. The summed E-state index contributed by atoms with van der Waals surface area (Å²) >= 11 is 0. The largest absolute Gasteiger partial charge is 0.480 e. The van der Waals surface area contributed by atoms with Crippen molar-refractivity contribution in [3.63, 3.8) is 0 Å². The van der Waals surface area contributed by atoms with Gasteiger partial charge in [0.1, 0.15) is 11.6 Å². The number of ether oxygens (including phenoxy) is 2. The number of carboxylic acid groups (broad SMARTS) is 1. The van der Waals surface area contributed by atoms with Gasteiger partial charge in [-0.2, -0.15) is 0 Å². The molecule has 0 aliphatic rings. The highest BCUT2D eigenvalue weighted by atomic mass is 16.6. The minimum atomic E-state index is -1.36. The molecule has 0 heterocycles. The third kappa shape index (κ3) is 7.15. The van der Waals surface area contributed by atoms with Crippen LogP contribution in [0.1, 0.15) is 27.2 Å². The summed E-state index contributed by atoms with van der Waals surface area (Å²) in [6, 6.07) is -1.36. The number of carboxylic acids is 1. The first-order valence-corrected chi connectivity index (χ1v) is 4.95. The molecule has 0 radical (unpaired) electrons. The molecule has 0 rings (SSSR count). The minimum Gasteiger partial charge on any atom is -0.480 e. The number of amides is 1. The molecular weight excluding hydrogens is 230 g/mol. The fraction of sp³-hybridized carbons (Fsp3) is 0.700. The summed E-state index contributed by atoms with van der Waals surface area (Å²) < 4.78 is 9.19. The lowest BCUT2D eigenvalue weighted by atomic mass is 10.2. The molecule has 0 aliphatic carbocycles. The summed E-state index contributed by atoms with van der Waals surface area (Å²) in [5.41, 5.74) is -0.738. The van der Waals surface area contributed by atoms with Crippen LogP contribution in [0.15, 0.2) is 0 Å². The zero-order valence-corrected chi connectivity index (χ0v) is 10.3. The van der Waals surface area contributed by atoms with Gasteiger partial charge in [-0.05, 0) is 20.8 Å². The Labute approximate surface area is 99.1 Å². The Morgan fingerprint density at radius 1 is 1.29 bits per heavy atom. The maximum Gasteiger partial charge on any atom is 0.408 e. The number of methoxy groups -OCH3 is 1. The van der Waals surface area contributed by atoms with E-state index in [1.165, 1.54) is 0 Å². The molecule has 0 saturated carbocycles. The van der Waals surface area contributed by atoms with Gasteiger partial charge in [0.25, 0.3) is 0 Å². The van der Waals surface area contributed by atoms with Gasteiger partial charge in [0.05, 0.1) is 13.5 Å². The van der Waals surface area contributed by atoms with Gasteiger partial charge in [0.2, 0.25) is 0 Å². The zero-order valence-electron chi connectivity index (χ0n) is 10.3. The van der Waals surface area contributed by atoms with Crippen molar-refractivity contribution in [2.45, 2.75) is 38.8 Å². The number of hydrogen-bond donors (Lipinski definition) is 2. The number of esters is 1. The number of aliphatic carboxylic acids is 1. The highest BCUT2D eigenvalue weighted by Crippen LogP contribution is 2.07. The number of hydrogen-bond acceptors (Lipinski definition) is 5. The minimum absolute atomic E-state index is 0.453. The number of carbonyl (C=O) groups is 3. The van der Waals surface area contributed by atoms with E-state index >= 15 is 0 Å². The van der Waals surface area contributed by atoms with Crippen LogP contribution in [-0.4, -0.2) is 41.9 Å². The van der Waals surface area contributed by atoms with E-state index in [9.17, 15) is 14.4 Å². The Bertz CT molecular complexity index is 306. The van der Waals surface area contributed by atoms with Crippen molar-refractivity contribution in [1.29, 1.82) is 0 Å². The first-order chi connectivity index (χ1) is 7.65. The first kappa shape index (κ1) is 15.2. The molecule has 7 nitrogen and oxygen atoms in total. The van der Waals surface area contributed by atoms with E-state index in [0.717, 1.165) is 7.11 Å². The van der Waals surface area contributed by atoms with E-state index in [0.29, 0.717) is 0 Å². The smallest absolute Gasteiger partial charge is 0.408 e. The third-order valence-electron chi connectivity index (χ3n) is 1.59. The number of alkyl carbamates (subject to hydrolysis) is 1. The van der Waals surface area contributed by atoms with Crippen LogP contribution in [0.25, 0.3) is 0 Å². The normalized spacial score (nSPS) is 12.5. The van der Waals surface area contributed by atoms with Gasteiger partial charge >= 0.3 is 18.0 Å². The number of carbonyl (C=O) groups excluding carboxylic acids is 2. The number of nitrogens with one attached hydrogen (secondary N) is 1. The van der Waals surface area contributed by atoms with E-state index in [1.54, 1.807) is 20.8 Å². The monoisotopic (exact) mass is 247 g/mol. The summed E-state index contributed by atoms with van der Waals surface area (Å²) in [6.45, 7) is 4.92. The van der Waals surface area contributed by atoms with Gasteiger partial charge in [-0.1, -0.05) is 0 Å². The molecule has 0 aliphatic heterocycles. The van der Waals surface area contributed by atoms with Crippen molar-refractivity contribution >= 4 is 18.0 Å². The van der Waals surface area contributed by atoms with Crippen molar-refractivity contribution in [1.82, 2.24) is 5.32 Å². The molecule has 98 valence electrons. The third-order valence-corrected chi connectivity index (χ3v) is 1.59. The van der Waals surface area contributed by atoms with Crippen LogP contribution < -0.4 is 5.32 Å². The lowest BCUT2D eigenvalue weighted by molar-refractivity contribution is -0.147. The summed E-state index contributed by atoms with van der Waals surface area (Å²) in [4.78, 5) is 33.0. The average molecular weight is 247 g/mol. The van der Waals surface area contributed by atoms with Gasteiger partial charge in [-0.3, -0.25) is 4.79 Å². The Morgan fingerprint density at radius 2 is 1.82 bits per heavy atom. The average Bonchev–Trinajstić information content (AvgIpc) is 2.13. The molecule has 0 fully saturated rings. The maximum atomic E-state index is 11.3. The fourth-order valence-electron chi connectivity index (χ4n) is 0.900. The second-order valence-corrected chi connectivity index (χ2v) is 4.32. The predicted molar refractivity (Wildman–Crippen MR) is 57.4 cm³/mol. The Hall–Kier alpha value is -1.79. The van der Waals surface area contributed by atoms with Crippen LogP contribution in [0.2, 0.25) is 0 Å².